The van der Waals surface area contributed by atoms with Gasteiger partial charge in [0, 0.05) is 18.9 Å². The fraction of sp³-hybridized carbons (Fsp3) is 0.300. The minimum absolute atomic E-state index is 0.346. The van der Waals surface area contributed by atoms with Crippen LogP contribution in [0.1, 0.15) is 23.2 Å². The van der Waals surface area contributed by atoms with Gasteiger partial charge in [-0.25, -0.2) is 4.79 Å². The molecule has 1 N–H and O–H groups in total. The highest BCUT2D eigenvalue weighted by Crippen LogP contribution is 2.03. The molecule has 0 aliphatic carbocycles. The van der Waals surface area contributed by atoms with Crippen molar-refractivity contribution >= 4 is 5.97 Å². The summed E-state index contributed by atoms with van der Waals surface area (Å²) in [6.07, 6.45) is 7.25. The van der Waals surface area contributed by atoms with Gasteiger partial charge in [-0.1, -0.05) is 6.08 Å². The third-order valence-electron chi connectivity index (χ3n) is 1.82. The van der Waals surface area contributed by atoms with E-state index in [1.165, 1.54) is 0 Å². The summed E-state index contributed by atoms with van der Waals surface area (Å²) in [5.74, 6) is -0.873. The molecular formula is C10H13NO2. The van der Waals surface area contributed by atoms with Crippen LogP contribution in [0.4, 0.5) is 0 Å². The molecule has 1 rings (SSSR count). The first-order chi connectivity index (χ1) is 6.24. The molecule has 0 atom stereocenters. The molecule has 0 amide bonds. The molecule has 0 fully saturated rings. The van der Waals surface area contributed by atoms with Crippen LogP contribution in [0.2, 0.25) is 0 Å². The predicted octanol–water partition coefficient (Wildman–Crippen LogP) is 2.15. The molecule has 1 aromatic rings. The molecule has 0 bridgehead atoms. The Bertz CT molecular complexity index is 302. The van der Waals surface area contributed by atoms with Gasteiger partial charge in [0.1, 0.15) is 0 Å². The lowest BCUT2D eigenvalue weighted by molar-refractivity contribution is 0.0697. The molecule has 1 aromatic heterocycles. The van der Waals surface area contributed by atoms with E-state index in [1.54, 1.807) is 18.5 Å². The number of aromatic nitrogens is 1. The van der Waals surface area contributed by atoms with Gasteiger partial charge in [-0.05, 0) is 18.9 Å². The van der Waals surface area contributed by atoms with Crippen LogP contribution in [-0.2, 0) is 6.54 Å². The smallest absolute Gasteiger partial charge is 0.337 e. The van der Waals surface area contributed by atoms with Crippen molar-refractivity contribution in [2.45, 2.75) is 19.4 Å². The van der Waals surface area contributed by atoms with Crippen molar-refractivity contribution in [1.82, 2.24) is 4.57 Å². The summed E-state index contributed by atoms with van der Waals surface area (Å²) in [5, 5.41) is 8.64. The van der Waals surface area contributed by atoms with Gasteiger partial charge < -0.3 is 9.67 Å². The van der Waals surface area contributed by atoms with Crippen molar-refractivity contribution in [1.29, 1.82) is 0 Å². The van der Waals surface area contributed by atoms with Crippen LogP contribution in [0.3, 0.4) is 0 Å². The molecular weight excluding hydrogens is 166 g/mol. The van der Waals surface area contributed by atoms with Gasteiger partial charge in [0.05, 0.1) is 5.56 Å². The summed E-state index contributed by atoms with van der Waals surface area (Å²) in [6.45, 7) is 4.47. The molecule has 3 nitrogen and oxygen atoms in total. The van der Waals surface area contributed by atoms with Gasteiger partial charge in [0.15, 0.2) is 0 Å². The molecule has 0 aliphatic rings. The van der Waals surface area contributed by atoms with Crippen molar-refractivity contribution < 1.29 is 9.90 Å². The summed E-state index contributed by atoms with van der Waals surface area (Å²) in [4.78, 5) is 10.5. The number of nitrogens with zero attached hydrogens (tertiary/aromatic N) is 1. The lowest BCUT2D eigenvalue weighted by Gasteiger charge is -1.98. The van der Waals surface area contributed by atoms with Gasteiger partial charge in [0.25, 0.3) is 0 Å². The highest BCUT2D eigenvalue weighted by molar-refractivity contribution is 5.87. The number of carbonyl (C=O) groups is 1. The van der Waals surface area contributed by atoms with E-state index in [0.29, 0.717) is 5.56 Å². The number of aromatic carboxylic acids is 1. The van der Waals surface area contributed by atoms with E-state index in [2.05, 4.69) is 6.58 Å². The van der Waals surface area contributed by atoms with E-state index in [9.17, 15) is 4.79 Å². The Balaban J connectivity index is 2.49. The van der Waals surface area contributed by atoms with Crippen molar-refractivity contribution in [3.05, 3.63) is 36.7 Å². The topological polar surface area (TPSA) is 42.2 Å². The molecule has 13 heavy (non-hydrogen) atoms. The van der Waals surface area contributed by atoms with E-state index < -0.39 is 5.97 Å². The molecule has 70 valence electrons. The van der Waals surface area contributed by atoms with Crippen molar-refractivity contribution in [3.63, 3.8) is 0 Å². The summed E-state index contributed by atoms with van der Waals surface area (Å²) in [7, 11) is 0. The lowest BCUT2D eigenvalue weighted by Crippen LogP contribution is -1.96. The quantitative estimate of drug-likeness (QED) is 0.556. The van der Waals surface area contributed by atoms with Gasteiger partial charge in [-0.2, -0.15) is 0 Å². The number of hydrogen-bond acceptors (Lipinski definition) is 1. The number of allylic oxidation sites excluding steroid dienone is 1. The minimum atomic E-state index is -0.873. The molecule has 0 saturated heterocycles. The maximum absolute atomic E-state index is 10.5. The first kappa shape index (κ1) is 9.58. The second-order valence-corrected chi connectivity index (χ2v) is 2.87. The number of hydrogen-bond donors (Lipinski definition) is 1. The molecule has 0 radical (unpaired) electrons. The number of carboxylic acids is 1. The third kappa shape index (κ3) is 2.78. The normalized spacial score (nSPS) is 9.85. The zero-order chi connectivity index (χ0) is 9.68. The van der Waals surface area contributed by atoms with Crippen LogP contribution < -0.4 is 0 Å². The van der Waals surface area contributed by atoms with Crippen LogP contribution in [0, 0.1) is 0 Å². The zero-order valence-corrected chi connectivity index (χ0v) is 7.44. The molecule has 0 aromatic carbocycles. The van der Waals surface area contributed by atoms with Crippen molar-refractivity contribution in [2.24, 2.45) is 0 Å². The third-order valence-corrected chi connectivity index (χ3v) is 1.82. The average molecular weight is 179 g/mol. The fourth-order valence-electron chi connectivity index (χ4n) is 1.12. The van der Waals surface area contributed by atoms with E-state index in [4.69, 9.17) is 5.11 Å². The standard InChI is InChI=1S/C10H13NO2/c1-2-3-4-6-11-7-5-9(8-11)10(12)13/h2,5,7-8H,1,3-4,6H2,(H,12,13). The fourth-order valence-corrected chi connectivity index (χ4v) is 1.12. The molecule has 3 heteroatoms. The summed E-state index contributed by atoms with van der Waals surface area (Å²) >= 11 is 0. The zero-order valence-electron chi connectivity index (χ0n) is 7.44. The maximum Gasteiger partial charge on any atom is 0.337 e. The lowest BCUT2D eigenvalue weighted by atomic mass is 10.3. The van der Waals surface area contributed by atoms with E-state index in [0.717, 1.165) is 19.4 Å². The van der Waals surface area contributed by atoms with Crippen LogP contribution >= 0.6 is 0 Å². The second kappa shape index (κ2) is 4.50. The highest BCUT2D eigenvalue weighted by Gasteiger charge is 2.03. The Labute approximate surface area is 77.3 Å². The summed E-state index contributed by atoms with van der Waals surface area (Å²) in [5.41, 5.74) is 0.346. The molecule has 1 heterocycles. The Kier molecular flexibility index (Phi) is 3.31. The van der Waals surface area contributed by atoms with Crippen molar-refractivity contribution in [3.8, 4) is 0 Å². The van der Waals surface area contributed by atoms with E-state index in [1.807, 2.05) is 10.6 Å². The first-order valence-electron chi connectivity index (χ1n) is 4.24. The highest BCUT2D eigenvalue weighted by atomic mass is 16.4. The van der Waals surface area contributed by atoms with Crippen LogP contribution in [-0.4, -0.2) is 15.6 Å². The molecule has 0 unspecified atom stereocenters. The Hall–Kier alpha value is -1.51. The second-order valence-electron chi connectivity index (χ2n) is 2.87. The number of rotatable bonds is 5. The molecule has 0 spiro atoms. The van der Waals surface area contributed by atoms with Crippen molar-refractivity contribution in [2.75, 3.05) is 0 Å². The van der Waals surface area contributed by atoms with Crippen LogP contribution in [0.5, 0.6) is 0 Å². The SMILES string of the molecule is C=CCCCn1ccc(C(=O)O)c1. The van der Waals surface area contributed by atoms with Gasteiger partial charge in [0.2, 0.25) is 0 Å². The minimum Gasteiger partial charge on any atom is -0.478 e. The van der Waals surface area contributed by atoms with Gasteiger partial charge in [-0.15, -0.1) is 6.58 Å². The number of carboxylic acid groups (broad SMARTS) is 1. The first-order valence-corrected chi connectivity index (χ1v) is 4.24. The summed E-state index contributed by atoms with van der Waals surface area (Å²) in [6, 6.07) is 1.61. The number of aryl methyl sites for hydroxylation is 1. The predicted molar refractivity (Wildman–Crippen MR) is 50.8 cm³/mol. The van der Waals surface area contributed by atoms with E-state index in [-0.39, 0.29) is 0 Å². The monoisotopic (exact) mass is 179 g/mol. The Morgan fingerprint density at radius 2 is 2.46 bits per heavy atom. The Morgan fingerprint density at radius 1 is 1.69 bits per heavy atom. The average Bonchev–Trinajstić information content (AvgIpc) is 2.53. The van der Waals surface area contributed by atoms with Crippen LogP contribution in [0.25, 0.3) is 0 Å². The summed E-state index contributed by atoms with van der Waals surface area (Å²) < 4.78 is 1.88. The Morgan fingerprint density at radius 3 is 3.00 bits per heavy atom. The molecule has 0 saturated carbocycles. The molecule has 0 aliphatic heterocycles. The largest absolute Gasteiger partial charge is 0.478 e. The van der Waals surface area contributed by atoms with Gasteiger partial charge >= 0.3 is 5.97 Å². The van der Waals surface area contributed by atoms with E-state index >= 15 is 0 Å². The van der Waals surface area contributed by atoms with Gasteiger partial charge in [-0.3, -0.25) is 0 Å². The maximum atomic E-state index is 10.5. The van der Waals surface area contributed by atoms with Crippen LogP contribution in [0.15, 0.2) is 31.1 Å². The number of unbranched alkanes of at least 4 members (excludes halogenated alkanes) is 1.